The number of rotatable bonds is 7. The van der Waals surface area contributed by atoms with Gasteiger partial charge in [-0.05, 0) is 57.1 Å². The van der Waals surface area contributed by atoms with Crippen molar-refractivity contribution in [2.24, 2.45) is 0 Å². The Morgan fingerprint density at radius 3 is 2.57 bits per heavy atom. The molecule has 2 rings (SSSR count). The molecule has 5 nitrogen and oxygen atoms in total. The smallest absolute Gasteiger partial charge is 0.244 e. The minimum Gasteiger partial charge on any atom is -0.495 e. The van der Waals surface area contributed by atoms with Gasteiger partial charge in [0, 0.05) is 11.6 Å². The van der Waals surface area contributed by atoms with Gasteiger partial charge in [0.25, 0.3) is 0 Å². The first kappa shape index (κ1) is 18.5. The van der Waals surface area contributed by atoms with Crippen molar-refractivity contribution in [1.82, 2.24) is 9.62 Å². The lowest BCUT2D eigenvalue weighted by molar-refractivity contribution is 0.282. The fourth-order valence-corrected chi connectivity index (χ4v) is 4.31. The Labute approximate surface area is 144 Å². The lowest BCUT2D eigenvalue weighted by Gasteiger charge is -2.19. The summed E-state index contributed by atoms with van der Waals surface area (Å²) in [6.07, 6.45) is 5.88. The highest BCUT2D eigenvalue weighted by Crippen LogP contribution is 2.26. The first-order valence-electron chi connectivity index (χ1n) is 8.08. The van der Waals surface area contributed by atoms with Gasteiger partial charge in [-0.1, -0.05) is 24.4 Å². The molecule has 0 amide bonds. The number of nitrogens with zero attached hydrogens (tertiary/aromatic N) is 1. The average Bonchev–Trinajstić information content (AvgIpc) is 2.80. The summed E-state index contributed by atoms with van der Waals surface area (Å²) in [4.78, 5) is 2.50. The second kappa shape index (κ2) is 8.87. The molecule has 1 aromatic carbocycles. The fourth-order valence-electron chi connectivity index (χ4n) is 2.81. The highest BCUT2D eigenvalue weighted by molar-refractivity contribution is 7.89. The number of benzene rings is 1. The normalized spacial score (nSPS) is 17.0. The molecule has 0 unspecified atom stereocenters. The Morgan fingerprint density at radius 2 is 1.91 bits per heavy atom. The van der Waals surface area contributed by atoms with E-state index in [-0.39, 0.29) is 4.90 Å². The van der Waals surface area contributed by atoms with Crippen molar-refractivity contribution in [3.05, 3.63) is 23.2 Å². The average molecular weight is 361 g/mol. The third-order valence-electron chi connectivity index (χ3n) is 4.06. The summed E-state index contributed by atoms with van der Waals surface area (Å²) in [5.41, 5.74) is 0. The van der Waals surface area contributed by atoms with E-state index < -0.39 is 10.0 Å². The van der Waals surface area contributed by atoms with E-state index in [4.69, 9.17) is 16.3 Å². The summed E-state index contributed by atoms with van der Waals surface area (Å²) in [6, 6.07) is 4.59. The molecule has 0 atom stereocenters. The third kappa shape index (κ3) is 5.64. The standard InChI is InChI=1S/C16H25ClN2O3S/c1-22-15-8-7-14(17)13-16(15)23(20,21)18-9-6-12-19-10-4-2-3-5-11-19/h7-8,13,18H,2-6,9-12H2,1H3. The van der Waals surface area contributed by atoms with Crippen molar-refractivity contribution in [1.29, 1.82) is 0 Å². The van der Waals surface area contributed by atoms with E-state index in [9.17, 15) is 8.42 Å². The van der Waals surface area contributed by atoms with Crippen LogP contribution in [-0.4, -0.2) is 46.6 Å². The number of sulfonamides is 1. The van der Waals surface area contributed by atoms with Gasteiger partial charge < -0.3 is 9.64 Å². The SMILES string of the molecule is COc1ccc(Cl)cc1S(=O)(=O)NCCCN1CCCCCC1. The van der Waals surface area contributed by atoms with Crippen LogP contribution < -0.4 is 9.46 Å². The number of ether oxygens (including phenoxy) is 1. The molecule has 1 saturated heterocycles. The molecule has 23 heavy (non-hydrogen) atoms. The van der Waals surface area contributed by atoms with Crippen LogP contribution in [0, 0.1) is 0 Å². The quantitative estimate of drug-likeness (QED) is 0.759. The molecule has 0 spiro atoms. The van der Waals surface area contributed by atoms with Crippen LogP contribution in [0.2, 0.25) is 5.02 Å². The van der Waals surface area contributed by atoms with Gasteiger partial charge in [-0.3, -0.25) is 0 Å². The lowest BCUT2D eigenvalue weighted by Crippen LogP contribution is -2.30. The van der Waals surface area contributed by atoms with Crippen LogP contribution in [-0.2, 0) is 10.0 Å². The number of methoxy groups -OCH3 is 1. The maximum atomic E-state index is 12.4. The molecule has 0 radical (unpaired) electrons. The summed E-state index contributed by atoms with van der Waals surface area (Å²) in [6.45, 7) is 3.58. The van der Waals surface area contributed by atoms with Crippen LogP contribution in [0.4, 0.5) is 0 Å². The molecule has 1 heterocycles. The van der Waals surface area contributed by atoms with Crippen molar-refractivity contribution < 1.29 is 13.2 Å². The van der Waals surface area contributed by atoms with Gasteiger partial charge in [-0.2, -0.15) is 0 Å². The van der Waals surface area contributed by atoms with E-state index >= 15 is 0 Å². The van der Waals surface area contributed by atoms with Gasteiger partial charge in [0.15, 0.2) is 0 Å². The van der Waals surface area contributed by atoms with Crippen LogP contribution in [0.25, 0.3) is 0 Å². The van der Waals surface area contributed by atoms with E-state index in [1.54, 1.807) is 12.1 Å². The molecule has 0 bridgehead atoms. The topological polar surface area (TPSA) is 58.6 Å². The predicted octanol–water partition coefficient (Wildman–Crippen LogP) is 2.89. The van der Waals surface area contributed by atoms with Crippen molar-refractivity contribution in [3.63, 3.8) is 0 Å². The number of hydrogen-bond acceptors (Lipinski definition) is 4. The third-order valence-corrected chi connectivity index (χ3v) is 5.77. The van der Waals surface area contributed by atoms with Gasteiger partial charge in [0.05, 0.1) is 7.11 Å². The first-order chi connectivity index (χ1) is 11.0. The molecule has 7 heteroatoms. The Morgan fingerprint density at radius 1 is 1.22 bits per heavy atom. The molecule has 130 valence electrons. The highest BCUT2D eigenvalue weighted by atomic mass is 35.5. The molecular weight excluding hydrogens is 336 g/mol. The van der Waals surface area contributed by atoms with Crippen LogP contribution in [0.5, 0.6) is 5.75 Å². The Kier molecular flexibility index (Phi) is 7.14. The molecule has 0 aliphatic carbocycles. The summed E-state index contributed by atoms with van der Waals surface area (Å²) >= 11 is 5.90. The molecule has 1 fully saturated rings. The lowest BCUT2D eigenvalue weighted by atomic mass is 10.2. The van der Waals surface area contributed by atoms with Gasteiger partial charge in [-0.15, -0.1) is 0 Å². The Bertz CT molecular complexity index is 599. The number of halogens is 1. The first-order valence-corrected chi connectivity index (χ1v) is 9.94. The molecule has 0 aromatic heterocycles. The zero-order chi connectivity index (χ0) is 16.7. The summed E-state index contributed by atoms with van der Waals surface area (Å²) in [7, 11) is -2.17. The maximum Gasteiger partial charge on any atom is 0.244 e. The van der Waals surface area contributed by atoms with Crippen molar-refractivity contribution >= 4 is 21.6 Å². The highest BCUT2D eigenvalue weighted by Gasteiger charge is 2.19. The number of likely N-dealkylation sites (tertiary alicyclic amines) is 1. The second-order valence-electron chi connectivity index (χ2n) is 5.80. The summed E-state index contributed by atoms with van der Waals surface area (Å²) in [5.74, 6) is 0.300. The maximum absolute atomic E-state index is 12.4. The summed E-state index contributed by atoms with van der Waals surface area (Å²) in [5, 5.41) is 0.371. The van der Waals surface area contributed by atoms with Crippen molar-refractivity contribution in [2.75, 3.05) is 33.3 Å². The zero-order valence-corrected chi connectivity index (χ0v) is 15.1. The van der Waals surface area contributed by atoms with E-state index in [1.807, 2.05) is 0 Å². The van der Waals surface area contributed by atoms with E-state index in [2.05, 4.69) is 9.62 Å². The monoisotopic (exact) mass is 360 g/mol. The number of nitrogens with one attached hydrogen (secondary N) is 1. The summed E-state index contributed by atoms with van der Waals surface area (Å²) < 4.78 is 32.6. The molecule has 1 N–H and O–H groups in total. The van der Waals surface area contributed by atoms with Crippen LogP contribution in [0.1, 0.15) is 32.1 Å². The number of hydrogen-bond donors (Lipinski definition) is 1. The largest absolute Gasteiger partial charge is 0.495 e. The van der Waals surface area contributed by atoms with Crippen molar-refractivity contribution in [3.8, 4) is 5.75 Å². The van der Waals surface area contributed by atoms with E-state index in [1.165, 1.54) is 38.9 Å². The van der Waals surface area contributed by atoms with Gasteiger partial charge in [0.2, 0.25) is 10.0 Å². The Balaban J connectivity index is 1.88. The van der Waals surface area contributed by atoms with Crippen LogP contribution >= 0.6 is 11.6 Å². The molecule has 1 aromatic rings. The minimum atomic E-state index is -3.61. The minimum absolute atomic E-state index is 0.0854. The van der Waals surface area contributed by atoms with Crippen LogP contribution in [0.15, 0.2) is 23.1 Å². The van der Waals surface area contributed by atoms with Gasteiger partial charge in [0.1, 0.15) is 10.6 Å². The Hall–Kier alpha value is -0.820. The van der Waals surface area contributed by atoms with Gasteiger partial charge >= 0.3 is 0 Å². The fraction of sp³-hybridized carbons (Fsp3) is 0.625. The van der Waals surface area contributed by atoms with Crippen LogP contribution in [0.3, 0.4) is 0 Å². The molecule has 0 saturated carbocycles. The van der Waals surface area contributed by atoms with E-state index in [0.717, 1.165) is 26.1 Å². The molecule has 1 aliphatic rings. The predicted molar refractivity (Wildman–Crippen MR) is 92.7 cm³/mol. The van der Waals surface area contributed by atoms with Crippen molar-refractivity contribution in [2.45, 2.75) is 37.0 Å². The van der Waals surface area contributed by atoms with Gasteiger partial charge in [-0.25, -0.2) is 13.1 Å². The molecule has 1 aliphatic heterocycles. The molecular formula is C16H25ClN2O3S. The second-order valence-corrected chi connectivity index (χ2v) is 7.97. The zero-order valence-electron chi connectivity index (χ0n) is 13.6. The van der Waals surface area contributed by atoms with E-state index in [0.29, 0.717) is 17.3 Å².